The minimum Gasteiger partial charge on any atom is -0.478 e. The third-order valence-electron chi connectivity index (χ3n) is 4.50. The normalized spacial score (nSPS) is 10.9. The molecule has 0 atom stereocenters. The molecule has 2 heterocycles. The molecule has 0 fully saturated rings. The van der Waals surface area contributed by atoms with Crippen LogP contribution in [-0.2, 0) is 0 Å². The molecule has 2 aromatic carbocycles. The van der Waals surface area contributed by atoms with Crippen molar-refractivity contribution < 1.29 is 9.90 Å². The van der Waals surface area contributed by atoms with Crippen LogP contribution >= 0.6 is 11.3 Å². The topological polar surface area (TPSA) is 111 Å². The van der Waals surface area contributed by atoms with E-state index >= 15 is 0 Å². The Morgan fingerprint density at radius 3 is 2.77 bits per heavy atom. The highest BCUT2D eigenvalue weighted by Gasteiger charge is 2.15. The zero-order valence-electron chi connectivity index (χ0n) is 15.8. The lowest BCUT2D eigenvalue weighted by atomic mass is 10.1. The molecule has 0 aliphatic rings. The van der Waals surface area contributed by atoms with Crippen molar-refractivity contribution in [3.05, 3.63) is 77.1 Å². The summed E-state index contributed by atoms with van der Waals surface area (Å²) in [5.41, 5.74) is 7.34. The number of nitrogens with zero attached hydrogens (tertiary/aromatic N) is 4. The molecule has 0 amide bonds. The van der Waals surface area contributed by atoms with E-state index in [-0.39, 0.29) is 5.56 Å². The molecule has 0 aliphatic carbocycles. The van der Waals surface area contributed by atoms with Crippen molar-refractivity contribution in [3.8, 4) is 16.5 Å². The standard InChI is InChI=1S/C22H15N5O2S/c1-13-18-20(30-19(13)17-4-2-3-15(9-17)10-23)21(25-12-24-18)27-26-11-14-5-7-16(8-6-14)22(28)29/h2-9,11-12H,1H3,(H,28,29)(H,24,25,27). The first-order chi connectivity index (χ1) is 14.6. The van der Waals surface area contributed by atoms with E-state index in [1.54, 1.807) is 24.4 Å². The number of aromatic nitrogens is 2. The highest BCUT2D eigenvalue weighted by atomic mass is 32.1. The smallest absolute Gasteiger partial charge is 0.335 e. The summed E-state index contributed by atoms with van der Waals surface area (Å²) in [4.78, 5) is 20.7. The lowest BCUT2D eigenvalue weighted by Gasteiger charge is -2.00. The molecule has 0 radical (unpaired) electrons. The Kier molecular flexibility index (Phi) is 5.20. The van der Waals surface area contributed by atoms with Gasteiger partial charge in [0.2, 0.25) is 0 Å². The number of rotatable bonds is 5. The van der Waals surface area contributed by atoms with Crippen molar-refractivity contribution in [3.63, 3.8) is 0 Å². The van der Waals surface area contributed by atoms with Gasteiger partial charge >= 0.3 is 5.97 Å². The van der Waals surface area contributed by atoms with Crippen LogP contribution in [0.3, 0.4) is 0 Å². The minimum absolute atomic E-state index is 0.222. The summed E-state index contributed by atoms with van der Waals surface area (Å²) >= 11 is 1.54. The quantitative estimate of drug-likeness (QED) is 0.363. The number of benzene rings is 2. The van der Waals surface area contributed by atoms with Crippen LogP contribution in [0.5, 0.6) is 0 Å². The van der Waals surface area contributed by atoms with Crippen LogP contribution < -0.4 is 5.43 Å². The van der Waals surface area contributed by atoms with E-state index < -0.39 is 5.97 Å². The second-order valence-corrected chi connectivity index (χ2v) is 7.47. The molecule has 0 aliphatic heterocycles. The van der Waals surface area contributed by atoms with Gasteiger partial charge in [-0.15, -0.1) is 11.3 Å². The van der Waals surface area contributed by atoms with Crippen molar-refractivity contribution in [1.82, 2.24) is 9.97 Å². The number of carbonyl (C=O) groups is 1. The maximum Gasteiger partial charge on any atom is 0.335 e. The van der Waals surface area contributed by atoms with Gasteiger partial charge in [-0.1, -0.05) is 24.3 Å². The number of hydrogen-bond acceptors (Lipinski definition) is 7. The van der Waals surface area contributed by atoms with Crippen LogP contribution in [0.15, 0.2) is 60.0 Å². The summed E-state index contributed by atoms with van der Waals surface area (Å²) < 4.78 is 0.866. The van der Waals surface area contributed by atoms with Gasteiger partial charge in [-0.05, 0) is 47.9 Å². The third kappa shape index (κ3) is 3.74. The summed E-state index contributed by atoms with van der Waals surface area (Å²) in [6, 6.07) is 16.0. The third-order valence-corrected chi connectivity index (χ3v) is 5.84. The monoisotopic (exact) mass is 413 g/mol. The van der Waals surface area contributed by atoms with Crippen LogP contribution in [0, 0.1) is 18.3 Å². The number of carboxylic acids is 1. The van der Waals surface area contributed by atoms with Gasteiger partial charge in [-0.25, -0.2) is 14.8 Å². The van der Waals surface area contributed by atoms with Gasteiger partial charge in [0.05, 0.1) is 33.6 Å². The van der Waals surface area contributed by atoms with Crippen LogP contribution in [-0.4, -0.2) is 27.3 Å². The van der Waals surface area contributed by atoms with E-state index in [2.05, 4.69) is 26.6 Å². The maximum absolute atomic E-state index is 10.9. The summed E-state index contributed by atoms with van der Waals surface area (Å²) in [5.74, 6) is -0.390. The molecule has 146 valence electrons. The summed E-state index contributed by atoms with van der Waals surface area (Å²) in [7, 11) is 0. The Labute approximate surface area is 176 Å². The lowest BCUT2D eigenvalue weighted by molar-refractivity contribution is 0.0697. The molecule has 0 saturated carbocycles. The average Bonchev–Trinajstić information content (AvgIpc) is 3.11. The molecule has 4 rings (SSSR count). The predicted molar refractivity (Wildman–Crippen MR) is 117 cm³/mol. The van der Waals surface area contributed by atoms with E-state index in [0.717, 1.165) is 31.8 Å². The Bertz CT molecular complexity index is 1320. The largest absolute Gasteiger partial charge is 0.478 e. The van der Waals surface area contributed by atoms with E-state index in [4.69, 9.17) is 5.11 Å². The highest BCUT2D eigenvalue weighted by molar-refractivity contribution is 7.23. The number of thiophene rings is 1. The van der Waals surface area contributed by atoms with Crippen LogP contribution in [0.1, 0.15) is 27.0 Å². The number of anilines is 1. The predicted octanol–water partition coefficient (Wildman–Crippen LogP) is 4.68. The number of aromatic carboxylic acids is 1. The molecule has 8 heteroatoms. The number of aryl methyl sites for hydroxylation is 1. The average molecular weight is 413 g/mol. The Morgan fingerprint density at radius 2 is 2.03 bits per heavy atom. The molecule has 7 nitrogen and oxygen atoms in total. The fourth-order valence-electron chi connectivity index (χ4n) is 2.99. The summed E-state index contributed by atoms with van der Waals surface area (Å²) in [5, 5.41) is 22.4. The summed E-state index contributed by atoms with van der Waals surface area (Å²) in [6.07, 6.45) is 3.08. The van der Waals surface area contributed by atoms with Gasteiger partial charge in [-0.3, -0.25) is 5.43 Å². The fourth-order valence-corrected chi connectivity index (χ4v) is 4.18. The van der Waals surface area contributed by atoms with Crippen molar-refractivity contribution in [2.24, 2.45) is 5.10 Å². The van der Waals surface area contributed by atoms with Crippen molar-refractivity contribution in [2.45, 2.75) is 6.92 Å². The number of hydrazone groups is 1. The molecule has 0 bridgehead atoms. The Balaban J connectivity index is 1.63. The zero-order chi connectivity index (χ0) is 21.1. The molecular weight excluding hydrogens is 398 g/mol. The van der Waals surface area contributed by atoms with Gasteiger partial charge in [0.15, 0.2) is 5.82 Å². The Hall–Kier alpha value is -4.09. The molecule has 2 aromatic heterocycles. The lowest BCUT2D eigenvalue weighted by Crippen LogP contribution is -1.97. The number of carboxylic acid groups (broad SMARTS) is 1. The Morgan fingerprint density at radius 1 is 1.23 bits per heavy atom. The molecule has 30 heavy (non-hydrogen) atoms. The van der Waals surface area contributed by atoms with Gasteiger partial charge in [0, 0.05) is 4.88 Å². The first-order valence-electron chi connectivity index (χ1n) is 8.94. The van der Waals surface area contributed by atoms with Crippen LogP contribution in [0.25, 0.3) is 20.7 Å². The van der Waals surface area contributed by atoms with Crippen molar-refractivity contribution in [1.29, 1.82) is 5.26 Å². The first kappa shape index (κ1) is 19.2. The van der Waals surface area contributed by atoms with Gasteiger partial charge in [-0.2, -0.15) is 10.4 Å². The maximum atomic E-state index is 10.9. The minimum atomic E-state index is -0.968. The molecule has 4 aromatic rings. The fraction of sp³-hybridized carbons (Fsp3) is 0.0455. The molecule has 0 unspecified atom stereocenters. The summed E-state index contributed by atoms with van der Waals surface area (Å²) in [6.45, 7) is 2.00. The van der Waals surface area contributed by atoms with Crippen LogP contribution in [0.4, 0.5) is 5.82 Å². The zero-order valence-corrected chi connectivity index (χ0v) is 16.6. The molecular formula is C22H15N5O2S. The van der Waals surface area contributed by atoms with E-state index in [0.29, 0.717) is 11.4 Å². The first-order valence-corrected chi connectivity index (χ1v) is 9.75. The SMILES string of the molecule is Cc1c(-c2cccc(C#N)c2)sc2c(NN=Cc3ccc(C(=O)O)cc3)ncnc12. The van der Waals surface area contributed by atoms with Crippen molar-refractivity contribution in [2.75, 3.05) is 5.43 Å². The van der Waals surface area contributed by atoms with Crippen molar-refractivity contribution >= 4 is 39.6 Å². The molecule has 2 N–H and O–H groups in total. The second kappa shape index (κ2) is 8.11. The molecule has 0 spiro atoms. The van der Waals surface area contributed by atoms with Gasteiger partial charge < -0.3 is 5.11 Å². The van der Waals surface area contributed by atoms with Gasteiger partial charge in [0.1, 0.15) is 6.33 Å². The van der Waals surface area contributed by atoms with E-state index in [1.807, 2.05) is 25.1 Å². The molecule has 0 saturated heterocycles. The second-order valence-electron chi connectivity index (χ2n) is 6.45. The number of fused-ring (bicyclic) bond motifs is 1. The van der Waals surface area contributed by atoms with Gasteiger partial charge in [0.25, 0.3) is 0 Å². The highest BCUT2D eigenvalue weighted by Crippen LogP contribution is 2.39. The van der Waals surface area contributed by atoms with E-state index in [9.17, 15) is 10.1 Å². The van der Waals surface area contributed by atoms with E-state index in [1.165, 1.54) is 29.8 Å². The van der Waals surface area contributed by atoms with Crippen LogP contribution in [0.2, 0.25) is 0 Å². The number of nitriles is 1. The number of nitrogens with one attached hydrogen (secondary N) is 1. The number of hydrogen-bond donors (Lipinski definition) is 2.